The highest BCUT2D eigenvalue weighted by Crippen LogP contribution is 2.22. The van der Waals surface area contributed by atoms with Crippen LogP contribution < -0.4 is 0 Å². The van der Waals surface area contributed by atoms with E-state index >= 15 is 0 Å². The summed E-state index contributed by atoms with van der Waals surface area (Å²) >= 11 is 0. The van der Waals surface area contributed by atoms with Gasteiger partial charge in [0.25, 0.3) is 0 Å². The number of ketones is 1. The standard InChI is InChI=1S/C11H21NO3S/c1-9(2)8-16(14,15)12-7-5-4-6-11(12)10(3)13/h9,11H,4-8H2,1-3H3. The molecule has 1 atom stereocenters. The van der Waals surface area contributed by atoms with Gasteiger partial charge in [-0.05, 0) is 25.7 Å². The van der Waals surface area contributed by atoms with Gasteiger partial charge in [0, 0.05) is 6.54 Å². The molecule has 1 fully saturated rings. The zero-order valence-corrected chi connectivity index (χ0v) is 11.1. The molecule has 1 rings (SSSR count). The zero-order valence-electron chi connectivity index (χ0n) is 10.3. The van der Waals surface area contributed by atoms with Crippen LogP contribution in [0.25, 0.3) is 0 Å². The molecule has 1 saturated heterocycles. The number of piperidine rings is 1. The molecule has 0 spiro atoms. The third-order valence-electron chi connectivity index (χ3n) is 2.82. The van der Waals surface area contributed by atoms with E-state index in [0.717, 1.165) is 12.8 Å². The van der Waals surface area contributed by atoms with Gasteiger partial charge in [0.1, 0.15) is 5.78 Å². The molecule has 1 aliphatic heterocycles. The molecule has 0 amide bonds. The van der Waals surface area contributed by atoms with Crippen LogP contribution in [0.15, 0.2) is 0 Å². The fourth-order valence-corrected chi connectivity index (χ4v) is 4.24. The minimum absolute atomic E-state index is 0.0352. The summed E-state index contributed by atoms with van der Waals surface area (Å²) < 4.78 is 25.6. The van der Waals surface area contributed by atoms with Crippen molar-refractivity contribution < 1.29 is 13.2 Å². The molecular weight excluding hydrogens is 226 g/mol. The number of sulfonamides is 1. The van der Waals surface area contributed by atoms with Gasteiger partial charge in [-0.25, -0.2) is 8.42 Å². The number of hydrogen-bond donors (Lipinski definition) is 0. The lowest BCUT2D eigenvalue weighted by Crippen LogP contribution is -2.48. The molecule has 4 nitrogen and oxygen atoms in total. The van der Waals surface area contributed by atoms with Gasteiger partial charge in [0.05, 0.1) is 11.8 Å². The van der Waals surface area contributed by atoms with Crippen LogP contribution in [-0.4, -0.2) is 36.8 Å². The SMILES string of the molecule is CC(=O)C1CCCCN1S(=O)(=O)CC(C)C. The quantitative estimate of drug-likeness (QED) is 0.755. The topological polar surface area (TPSA) is 54.5 Å². The number of Topliss-reactive ketones (excluding diaryl/α,β-unsaturated/α-hetero) is 1. The zero-order chi connectivity index (χ0) is 12.3. The Kier molecular flexibility index (Phi) is 4.50. The van der Waals surface area contributed by atoms with Crippen molar-refractivity contribution in [3.8, 4) is 0 Å². The molecule has 1 heterocycles. The molecule has 0 aromatic heterocycles. The van der Waals surface area contributed by atoms with Crippen molar-refractivity contribution >= 4 is 15.8 Å². The first-order valence-corrected chi connectivity index (χ1v) is 7.45. The average Bonchev–Trinajstić information content (AvgIpc) is 2.15. The highest BCUT2D eigenvalue weighted by Gasteiger charge is 2.34. The first kappa shape index (κ1) is 13.6. The highest BCUT2D eigenvalue weighted by atomic mass is 32.2. The van der Waals surface area contributed by atoms with Gasteiger partial charge in [0.15, 0.2) is 0 Å². The second-order valence-electron chi connectivity index (χ2n) is 4.91. The van der Waals surface area contributed by atoms with Crippen LogP contribution in [0.3, 0.4) is 0 Å². The Hall–Kier alpha value is -0.420. The second-order valence-corrected chi connectivity index (χ2v) is 6.87. The number of carbonyl (C=O) groups is 1. The largest absolute Gasteiger partial charge is 0.298 e. The summed E-state index contributed by atoms with van der Waals surface area (Å²) in [6, 6.07) is -0.419. The fourth-order valence-electron chi connectivity index (χ4n) is 2.16. The van der Waals surface area contributed by atoms with E-state index in [1.54, 1.807) is 0 Å². The number of carbonyl (C=O) groups excluding carboxylic acids is 1. The molecule has 0 aliphatic carbocycles. The normalized spacial score (nSPS) is 23.6. The lowest BCUT2D eigenvalue weighted by molar-refractivity contribution is -0.121. The first-order valence-electron chi connectivity index (χ1n) is 5.84. The molecular formula is C11H21NO3S. The molecule has 0 bridgehead atoms. The van der Waals surface area contributed by atoms with Crippen molar-refractivity contribution in [3.05, 3.63) is 0 Å². The molecule has 1 aliphatic rings. The summed E-state index contributed by atoms with van der Waals surface area (Å²) in [6.45, 7) is 5.74. The van der Waals surface area contributed by atoms with E-state index in [4.69, 9.17) is 0 Å². The Morgan fingerprint density at radius 1 is 1.38 bits per heavy atom. The Morgan fingerprint density at radius 2 is 2.00 bits per heavy atom. The van der Waals surface area contributed by atoms with Crippen LogP contribution in [-0.2, 0) is 14.8 Å². The van der Waals surface area contributed by atoms with Gasteiger partial charge in [-0.3, -0.25) is 4.79 Å². The van der Waals surface area contributed by atoms with Crippen molar-refractivity contribution in [1.82, 2.24) is 4.31 Å². The Balaban J connectivity index is 2.86. The van der Waals surface area contributed by atoms with E-state index in [1.807, 2.05) is 13.8 Å². The molecule has 0 aromatic rings. The molecule has 0 N–H and O–H groups in total. The van der Waals surface area contributed by atoms with Gasteiger partial charge in [-0.1, -0.05) is 20.3 Å². The van der Waals surface area contributed by atoms with E-state index in [9.17, 15) is 13.2 Å². The molecule has 5 heteroatoms. The maximum atomic E-state index is 12.1. The van der Waals surface area contributed by atoms with Crippen molar-refractivity contribution in [2.75, 3.05) is 12.3 Å². The van der Waals surface area contributed by atoms with E-state index in [-0.39, 0.29) is 17.5 Å². The maximum absolute atomic E-state index is 12.1. The highest BCUT2D eigenvalue weighted by molar-refractivity contribution is 7.89. The van der Waals surface area contributed by atoms with Gasteiger partial charge in [-0.15, -0.1) is 0 Å². The summed E-state index contributed by atoms with van der Waals surface area (Å²) in [6.07, 6.45) is 2.48. The molecule has 94 valence electrons. The van der Waals surface area contributed by atoms with E-state index < -0.39 is 16.1 Å². The fraction of sp³-hybridized carbons (Fsp3) is 0.909. The van der Waals surface area contributed by atoms with Crippen LogP contribution in [0.4, 0.5) is 0 Å². The third kappa shape index (κ3) is 3.28. The molecule has 16 heavy (non-hydrogen) atoms. The van der Waals surface area contributed by atoms with Crippen LogP contribution in [0.2, 0.25) is 0 Å². The minimum atomic E-state index is -3.26. The number of rotatable bonds is 4. The summed E-state index contributed by atoms with van der Waals surface area (Å²) in [5.41, 5.74) is 0. The second kappa shape index (κ2) is 5.27. The minimum Gasteiger partial charge on any atom is -0.298 e. The van der Waals surface area contributed by atoms with Crippen molar-refractivity contribution in [1.29, 1.82) is 0 Å². The van der Waals surface area contributed by atoms with Crippen molar-refractivity contribution in [3.63, 3.8) is 0 Å². The Labute approximate surface area is 98.1 Å². The van der Waals surface area contributed by atoms with Crippen LogP contribution in [0.5, 0.6) is 0 Å². The molecule has 0 aromatic carbocycles. The van der Waals surface area contributed by atoms with Gasteiger partial charge in [0.2, 0.25) is 10.0 Å². The Morgan fingerprint density at radius 3 is 2.50 bits per heavy atom. The predicted molar refractivity (Wildman–Crippen MR) is 63.7 cm³/mol. The van der Waals surface area contributed by atoms with Crippen molar-refractivity contribution in [2.45, 2.75) is 46.1 Å². The summed E-state index contributed by atoms with van der Waals surface area (Å²) in [7, 11) is -3.26. The number of hydrogen-bond acceptors (Lipinski definition) is 3. The first-order chi connectivity index (χ1) is 7.34. The van der Waals surface area contributed by atoms with E-state index in [0.29, 0.717) is 13.0 Å². The summed E-state index contributed by atoms with van der Waals surface area (Å²) in [5, 5.41) is 0. The van der Waals surface area contributed by atoms with E-state index in [1.165, 1.54) is 11.2 Å². The van der Waals surface area contributed by atoms with Crippen molar-refractivity contribution in [2.24, 2.45) is 5.92 Å². The van der Waals surface area contributed by atoms with Crippen LogP contribution in [0, 0.1) is 5.92 Å². The average molecular weight is 247 g/mol. The smallest absolute Gasteiger partial charge is 0.215 e. The van der Waals surface area contributed by atoms with Crippen LogP contribution >= 0.6 is 0 Å². The summed E-state index contributed by atoms with van der Waals surface area (Å²) in [4.78, 5) is 11.4. The monoisotopic (exact) mass is 247 g/mol. The lowest BCUT2D eigenvalue weighted by Gasteiger charge is -2.33. The molecule has 0 radical (unpaired) electrons. The van der Waals surface area contributed by atoms with Crippen LogP contribution in [0.1, 0.15) is 40.0 Å². The molecule has 0 saturated carbocycles. The lowest BCUT2D eigenvalue weighted by atomic mass is 10.0. The van der Waals surface area contributed by atoms with E-state index in [2.05, 4.69) is 0 Å². The predicted octanol–water partition coefficient (Wildman–Crippen LogP) is 1.42. The van der Waals surface area contributed by atoms with Gasteiger partial charge < -0.3 is 0 Å². The summed E-state index contributed by atoms with van der Waals surface area (Å²) in [5.74, 6) is 0.197. The number of nitrogens with zero attached hydrogens (tertiary/aromatic N) is 1. The van der Waals surface area contributed by atoms with Gasteiger partial charge >= 0.3 is 0 Å². The van der Waals surface area contributed by atoms with Gasteiger partial charge in [-0.2, -0.15) is 4.31 Å². The molecule has 1 unspecified atom stereocenters. The Bertz CT molecular complexity index is 348. The maximum Gasteiger partial charge on any atom is 0.215 e. The third-order valence-corrected chi connectivity index (χ3v) is 5.06.